The number of hydrogen-bond donors (Lipinski definition) is 0. The molecule has 1 aliphatic rings. The Morgan fingerprint density at radius 2 is 1.66 bits per heavy atom. The molecule has 8 nitrogen and oxygen atoms in total. The minimum atomic E-state index is -0.267. The van der Waals surface area contributed by atoms with Crippen LogP contribution >= 0.6 is 11.6 Å². The van der Waals surface area contributed by atoms with Crippen LogP contribution in [-0.2, 0) is 0 Å². The molecule has 10 heteroatoms. The van der Waals surface area contributed by atoms with E-state index < -0.39 is 0 Å². The van der Waals surface area contributed by atoms with Gasteiger partial charge in [-0.3, -0.25) is 4.79 Å². The van der Waals surface area contributed by atoms with Gasteiger partial charge in [-0.25, -0.2) is 9.07 Å². The van der Waals surface area contributed by atoms with Gasteiger partial charge in [-0.2, -0.15) is 5.10 Å². The van der Waals surface area contributed by atoms with Gasteiger partial charge in [0.15, 0.2) is 11.5 Å². The standard InChI is InChI=1S/C25H22ClFN6O2/c1-35-24-11-10-23(28-29-24)33-22(17-2-4-18(26)5-3-17)16-21(30-33)25(34)32-14-12-31(13-15-32)20-8-6-19(27)7-9-20/h2-11,16H,12-15H2,1H3. The SMILES string of the molecule is COc1ccc(-n2nc(C(=O)N3CCN(c4ccc(F)cc4)CC3)cc2-c2ccc(Cl)cc2)nn1. The van der Waals surface area contributed by atoms with Crippen LogP contribution in [0.5, 0.6) is 5.88 Å². The first-order valence-corrected chi connectivity index (χ1v) is 11.4. The monoisotopic (exact) mass is 492 g/mol. The van der Waals surface area contributed by atoms with Gasteiger partial charge in [0.05, 0.1) is 12.8 Å². The number of methoxy groups -OCH3 is 1. The van der Waals surface area contributed by atoms with Crippen molar-refractivity contribution in [1.29, 1.82) is 0 Å². The highest BCUT2D eigenvalue weighted by Crippen LogP contribution is 2.26. The molecule has 2 aromatic heterocycles. The third kappa shape index (κ3) is 4.81. The first kappa shape index (κ1) is 22.8. The number of carbonyl (C=O) groups excluding carboxylic acids is 1. The largest absolute Gasteiger partial charge is 0.480 e. The van der Waals surface area contributed by atoms with Crippen LogP contribution in [0.2, 0.25) is 5.02 Å². The normalized spacial score (nSPS) is 13.7. The summed E-state index contributed by atoms with van der Waals surface area (Å²) in [5.41, 5.74) is 2.77. The Bertz CT molecular complexity index is 1320. The van der Waals surface area contributed by atoms with Gasteiger partial charge in [-0.05, 0) is 48.5 Å². The molecule has 4 aromatic rings. The smallest absolute Gasteiger partial charge is 0.274 e. The topological polar surface area (TPSA) is 76.4 Å². The summed E-state index contributed by atoms with van der Waals surface area (Å²) in [7, 11) is 1.52. The molecule has 1 aliphatic heterocycles. The summed E-state index contributed by atoms with van der Waals surface area (Å²) in [4.78, 5) is 17.3. The van der Waals surface area contributed by atoms with E-state index in [0.717, 1.165) is 11.3 Å². The first-order valence-electron chi connectivity index (χ1n) is 11.1. The number of carbonyl (C=O) groups is 1. The maximum atomic E-state index is 13.4. The highest BCUT2D eigenvalue weighted by Gasteiger charge is 2.26. The van der Waals surface area contributed by atoms with Crippen LogP contribution in [0.4, 0.5) is 10.1 Å². The molecule has 0 spiro atoms. The molecule has 1 fully saturated rings. The Labute approximate surface area is 206 Å². The lowest BCUT2D eigenvalue weighted by Gasteiger charge is -2.35. The molecule has 1 amide bonds. The molecule has 0 unspecified atom stereocenters. The van der Waals surface area contributed by atoms with Crippen LogP contribution < -0.4 is 9.64 Å². The molecule has 0 radical (unpaired) electrons. The summed E-state index contributed by atoms with van der Waals surface area (Å²) >= 11 is 6.07. The molecule has 0 saturated carbocycles. The zero-order valence-electron chi connectivity index (χ0n) is 18.9. The molecule has 35 heavy (non-hydrogen) atoms. The van der Waals surface area contributed by atoms with Crippen molar-refractivity contribution >= 4 is 23.2 Å². The molecule has 0 atom stereocenters. The third-order valence-corrected chi connectivity index (χ3v) is 6.13. The fraction of sp³-hybridized carbons (Fsp3) is 0.200. The van der Waals surface area contributed by atoms with E-state index in [0.29, 0.717) is 54.3 Å². The molecule has 2 aromatic carbocycles. The predicted octanol–water partition coefficient (Wildman–Crippen LogP) is 4.09. The minimum Gasteiger partial charge on any atom is -0.480 e. The molecule has 0 N–H and O–H groups in total. The maximum absolute atomic E-state index is 13.4. The van der Waals surface area contributed by atoms with Crippen molar-refractivity contribution in [3.8, 4) is 23.0 Å². The van der Waals surface area contributed by atoms with Crippen LogP contribution in [0, 0.1) is 5.82 Å². The highest BCUT2D eigenvalue weighted by atomic mass is 35.5. The average molecular weight is 493 g/mol. The Hall–Kier alpha value is -3.98. The van der Waals surface area contributed by atoms with E-state index in [-0.39, 0.29) is 11.7 Å². The molecule has 3 heterocycles. The molecular formula is C25H22ClFN6O2. The number of hydrogen-bond acceptors (Lipinski definition) is 6. The van der Waals surface area contributed by atoms with Crippen molar-refractivity contribution in [2.45, 2.75) is 0 Å². The van der Waals surface area contributed by atoms with Crippen LogP contribution in [-0.4, -0.2) is 64.1 Å². The summed E-state index contributed by atoms with van der Waals surface area (Å²) in [6, 6.07) is 18.9. The zero-order valence-corrected chi connectivity index (χ0v) is 19.7. The number of aromatic nitrogens is 4. The Morgan fingerprint density at radius 3 is 2.29 bits per heavy atom. The van der Waals surface area contributed by atoms with Gasteiger partial charge in [-0.1, -0.05) is 23.7 Å². The second-order valence-electron chi connectivity index (χ2n) is 8.02. The van der Waals surface area contributed by atoms with Gasteiger partial charge in [0, 0.05) is 48.5 Å². The van der Waals surface area contributed by atoms with E-state index in [1.807, 2.05) is 12.1 Å². The predicted molar refractivity (Wildman–Crippen MR) is 131 cm³/mol. The molecule has 0 aliphatic carbocycles. The van der Waals surface area contributed by atoms with E-state index in [2.05, 4.69) is 20.2 Å². The van der Waals surface area contributed by atoms with Crippen LogP contribution in [0.3, 0.4) is 0 Å². The van der Waals surface area contributed by atoms with E-state index in [1.54, 1.807) is 52.0 Å². The summed E-state index contributed by atoms with van der Waals surface area (Å²) in [5.74, 6) is 0.399. The minimum absolute atomic E-state index is 0.167. The lowest BCUT2D eigenvalue weighted by atomic mass is 10.1. The van der Waals surface area contributed by atoms with Crippen molar-refractivity contribution in [2.75, 3.05) is 38.2 Å². The molecule has 5 rings (SSSR count). The van der Waals surface area contributed by atoms with E-state index in [1.165, 1.54) is 19.2 Å². The number of rotatable bonds is 5. The Kier molecular flexibility index (Phi) is 6.33. The number of amides is 1. The van der Waals surface area contributed by atoms with Gasteiger partial charge >= 0.3 is 0 Å². The summed E-state index contributed by atoms with van der Waals surface area (Å²) < 4.78 is 19.9. The lowest BCUT2D eigenvalue weighted by Crippen LogP contribution is -2.48. The van der Waals surface area contributed by atoms with E-state index >= 15 is 0 Å². The quantitative estimate of drug-likeness (QED) is 0.417. The fourth-order valence-corrected chi connectivity index (χ4v) is 4.13. The fourth-order valence-electron chi connectivity index (χ4n) is 4.00. The summed E-state index contributed by atoms with van der Waals surface area (Å²) in [5, 5.41) is 13.4. The maximum Gasteiger partial charge on any atom is 0.274 e. The summed E-state index contributed by atoms with van der Waals surface area (Å²) in [6.07, 6.45) is 0. The molecule has 178 valence electrons. The van der Waals surface area contributed by atoms with Gasteiger partial charge in [0.25, 0.3) is 5.91 Å². The molecule has 0 bridgehead atoms. The zero-order chi connectivity index (χ0) is 24.4. The van der Waals surface area contributed by atoms with Crippen LogP contribution in [0.1, 0.15) is 10.5 Å². The first-order chi connectivity index (χ1) is 17.0. The van der Waals surface area contributed by atoms with E-state index in [4.69, 9.17) is 16.3 Å². The van der Waals surface area contributed by atoms with Crippen molar-refractivity contribution in [3.05, 3.63) is 83.3 Å². The molecular weight excluding hydrogens is 471 g/mol. The Balaban J connectivity index is 1.40. The van der Waals surface area contributed by atoms with Crippen molar-refractivity contribution in [2.24, 2.45) is 0 Å². The lowest BCUT2D eigenvalue weighted by molar-refractivity contribution is 0.0740. The number of halogens is 2. The number of benzene rings is 2. The van der Waals surface area contributed by atoms with E-state index in [9.17, 15) is 9.18 Å². The third-order valence-electron chi connectivity index (χ3n) is 5.88. The van der Waals surface area contributed by atoms with Gasteiger partial charge in [-0.15, -0.1) is 10.2 Å². The Morgan fingerprint density at radius 1 is 0.943 bits per heavy atom. The van der Waals surface area contributed by atoms with Gasteiger partial charge in [0.1, 0.15) is 5.82 Å². The second-order valence-corrected chi connectivity index (χ2v) is 8.46. The van der Waals surface area contributed by atoms with Crippen LogP contribution in [0.15, 0.2) is 66.7 Å². The number of anilines is 1. The molecule has 1 saturated heterocycles. The average Bonchev–Trinajstić information content (AvgIpc) is 3.35. The van der Waals surface area contributed by atoms with Crippen molar-refractivity contribution in [1.82, 2.24) is 24.9 Å². The number of piperazine rings is 1. The summed E-state index contributed by atoms with van der Waals surface area (Å²) in [6.45, 7) is 2.35. The van der Waals surface area contributed by atoms with Crippen molar-refractivity contribution in [3.63, 3.8) is 0 Å². The highest BCUT2D eigenvalue weighted by molar-refractivity contribution is 6.30. The number of nitrogens with zero attached hydrogens (tertiary/aromatic N) is 6. The van der Waals surface area contributed by atoms with Crippen molar-refractivity contribution < 1.29 is 13.9 Å². The van der Waals surface area contributed by atoms with Gasteiger partial charge < -0.3 is 14.5 Å². The van der Waals surface area contributed by atoms with Crippen LogP contribution in [0.25, 0.3) is 17.1 Å². The number of ether oxygens (including phenoxy) is 1. The van der Waals surface area contributed by atoms with Gasteiger partial charge in [0.2, 0.25) is 5.88 Å². The second kappa shape index (κ2) is 9.71.